The Kier molecular flexibility index (Phi) is 3.79. The van der Waals surface area contributed by atoms with E-state index in [1.807, 2.05) is 0 Å². The minimum absolute atomic E-state index is 0.00801. The van der Waals surface area contributed by atoms with E-state index in [1.54, 1.807) is 0 Å². The summed E-state index contributed by atoms with van der Waals surface area (Å²) in [5.74, 6) is -0.122. The van der Waals surface area contributed by atoms with Gasteiger partial charge in [-0.25, -0.2) is 4.98 Å². The van der Waals surface area contributed by atoms with Gasteiger partial charge in [0.05, 0.1) is 29.9 Å². The number of nitrogens with two attached hydrogens (primary N) is 1. The van der Waals surface area contributed by atoms with Gasteiger partial charge in [0.25, 0.3) is 5.91 Å². The van der Waals surface area contributed by atoms with Gasteiger partial charge in [-0.1, -0.05) is 11.3 Å². The highest BCUT2D eigenvalue weighted by Gasteiger charge is 2.30. The van der Waals surface area contributed by atoms with Crippen LogP contribution in [0.3, 0.4) is 0 Å². The normalized spacial score (nSPS) is 26.2. The number of rotatable bonds is 3. The lowest BCUT2D eigenvalue weighted by molar-refractivity contribution is -0.126. The maximum Gasteiger partial charge on any atom is 0.255 e. The van der Waals surface area contributed by atoms with Crippen LogP contribution in [0.5, 0.6) is 0 Å². The van der Waals surface area contributed by atoms with Crippen molar-refractivity contribution in [3.8, 4) is 0 Å². The molecule has 3 rings (SSSR count). The van der Waals surface area contributed by atoms with Gasteiger partial charge in [0.15, 0.2) is 5.13 Å². The monoisotopic (exact) mass is 283 g/mol. The Morgan fingerprint density at radius 1 is 1.53 bits per heavy atom. The minimum atomic E-state index is -0.397. The summed E-state index contributed by atoms with van der Waals surface area (Å²) in [5, 5.41) is 3.47. The molecule has 0 saturated carbocycles. The summed E-state index contributed by atoms with van der Waals surface area (Å²) >= 11 is 1.48. The summed E-state index contributed by atoms with van der Waals surface area (Å²) in [7, 11) is 0. The molecular weight excluding hydrogens is 266 g/mol. The van der Waals surface area contributed by atoms with Crippen LogP contribution in [0.2, 0.25) is 0 Å². The minimum Gasteiger partial charge on any atom is -0.375 e. The SMILES string of the molecule is NC[C@H]1CC[C@@H](C(=O)Nc2nc3c(s2)COCC3)O1. The summed E-state index contributed by atoms with van der Waals surface area (Å²) in [6.45, 7) is 1.76. The van der Waals surface area contributed by atoms with E-state index in [2.05, 4.69) is 10.3 Å². The number of carbonyl (C=O) groups excluding carboxylic acids is 1. The molecule has 2 atom stereocenters. The van der Waals surface area contributed by atoms with Crippen molar-refractivity contribution in [2.45, 2.75) is 38.1 Å². The van der Waals surface area contributed by atoms with Gasteiger partial charge in [-0.05, 0) is 12.8 Å². The molecule has 104 valence electrons. The zero-order valence-corrected chi connectivity index (χ0v) is 11.4. The predicted octanol–water partition coefficient (Wildman–Crippen LogP) is 0.661. The Morgan fingerprint density at radius 3 is 3.16 bits per heavy atom. The van der Waals surface area contributed by atoms with E-state index in [1.165, 1.54) is 11.3 Å². The van der Waals surface area contributed by atoms with Crippen molar-refractivity contribution in [3.05, 3.63) is 10.6 Å². The van der Waals surface area contributed by atoms with Crippen LogP contribution < -0.4 is 11.1 Å². The molecule has 3 heterocycles. The number of hydrogen-bond donors (Lipinski definition) is 2. The van der Waals surface area contributed by atoms with E-state index in [9.17, 15) is 4.79 Å². The Morgan fingerprint density at radius 2 is 2.42 bits per heavy atom. The highest BCUT2D eigenvalue weighted by atomic mass is 32.1. The number of thiazole rings is 1. The third-order valence-corrected chi connectivity index (χ3v) is 4.37. The number of carbonyl (C=O) groups is 1. The third-order valence-electron chi connectivity index (χ3n) is 3.39. The number of ether oxygens (including phenoxy) is 2. The predicted molar refractivity (Wildman–Crippen MR) is 71.1 cm³/mol. The first-order valence-corrected chi connectivity index (χ1v) is 7.30. The molecule has 0 radical (unpaired) electrons. The Hall–Kier alpha value is -1.02. The van der Waals surface area contributed by atoms with Crippen LogP contribution in [0.4, 0.5) is 5.13 Å². The molecule has 1 aromatic heterocycles. The van der Waals surface area contributed by atoms with Crippen LogP contribution in [0.1, 0.15) is 23.4 Å². The quantitative estimate of drug-likeness (QED) is 0.851. The second-order valence-electron chi connectivity index (χ2n) is 4.74. The van der Waals surface area contributed by atoms with E-state index in [0.717, 1.165) is 29.8 Å². The average Bonchev–Trinajstić information content (AvgIpc) is 3.04. The van der Waals surface area contributed by atoms with Gasteiger partial charge in [0.2, 0.25) is 0 Å². The maximum atomic E-state index is 12.0. The Bertz CT molecular complexity index is 453. The van der Waals surface area contributed by atoms with Gasteiger partial charge < -0.3 is 15.2 Å². The van der Waals surface area contributed by atoms with Crippen molar-refractivity contribution in [1.82, 2.24) is 4.98 Å². The second kappa shape index (κ2) is 5.54. The molecule has 2 aliphatic heterocycles. The molecule has 19 heavy (non-hydrogen) atoms. The average molecular weight is 283 g/mol. The lowest BCUT2D eigenvalue weighted by Gasteiger charge is -2.11. The first-order chi connectivity index (χ1) is 9.26. The van der Waals surface area contributed by atoms with Gasteiger partial charge >= 0.3 is 0 Å². The van der Waals surface area contributed by atoms with Gasteiger partial charge in [0.1, 0.15) is 6.10 Å². The fourth-order valence-electron chi connectivity index (χ4n) is 2.34. The van der Waals surface area contributed by atoms with Crippen molar-refractivity contribution in [2.75, 3.05) is 18.5 Å². The van der Waals surface area contributed by atoms with E-state index >= 15 is 0 Å². The molecule has 0 bridgehead atoms. The largest absolute Gasteiger partial charge is 0.375 e. The molecule has 7 heteroatoms. The van der Waals surface area contributed by atoms with Crippen molar-refractivity contribution in [3.63, 3.8) is 0 Å². The number of aromatic nitrogens is 1. The molecule has 6 nitrogen and oxygen atoms in total. The first-order valence-electron chi connectivity index (χ1n) is 6.49. The molecule has 1 amide bonds. The molecule has 2 aliphatic rings. The molecule has 1 saturated heterocycles. The number of anilines is 1. The summed E-state index contributed by atoms with van der Waals surface area (Å²) in [5.41, 5.74) is 6.57. The molecule has 0 spiro atoms. The highest BCUT2D eigenvalue weighted by Crippen LogP contribution is 2.28. The van der Waals surface area contributed by atoms with Gasteiger partial charge in [0, 0.05) is 13.0 Å². The first kappa shape index (κ1) is 13.0. The maximum absolute atomic E-state index is 12.0. The number of hydrogen-bond acceptors (Lipinski definition) is 6. The number of nitrogens with one attached hydrogen (secondary N) is 1. The van der Waals surface area contributed by atoms with E-state index in [-0.39, 0.29) is 12.0 Å². The molecule has 1 fully saturated rings. The van der Waals surface area contributed by atoms with Crippen LogP contribution in [-0.4, -0.2) is 36.3 Å². The molecule has 0 unspecified atom stereocenters. The number of nitrogens with zero attached hydrogens (tertiary/aromatic N) is 1. The topological polar surface area (TPSA) is 86.5 Å². The van der Waals surface area contributed by atoms with E-state index < -0.39 is 6.10 Å². The number of amides is 1. The third kappa shape index (κ3) is 2.79. The smallest absolute Gasteiger partial charge is 0.255 e. The second-order valence-corrected chi connectivity index (χ2v) is 5.82. The Labute approximate surface area is 115 Å². The molecule has 3 N–H and O–H groups in total. The Balaban J connectivity index is 1.62. The highest BCUT2D eigenvalue weighted by molar-refractivity contribution is 7.15. The fourth-order valence-corrected chi connectivity index (χ4v) is 3.29. The van der Waals surface area contributed by atoms with Crippen LogP contribution in [-0.2, 0) is 27.3 Å². The van der Waals surface area contributed by atoms with Crippen LogP contribution in [0.15, 0.2) is 0 Å². The molecular formula is C12H17N3O3S. The van der Waals surface area contributed by atoms with E-state index in [0.29, 0.717) is 24.9 Å². The van der Waals surface area contributed by atoms with Crippen LogP contribution in [0.25, 0.3) is 0 Å². The molecule has 0 aromatic carbocycles. The molecule has 0 aliphatic carbocycles. The number of fused-ring (bicyclic) bond motifs is 1. The summed E-state index contributed by atoms with van der Waals surface area (Å²) in [6, 6.07) is 0. The van der Waals surface area contributed by atoms with Crippen molar-refractivity contribution < 1.29 is 14.3 Å². The van der Waals surface area contributed by atoms with Gasteiger partial charge in [-0.3, -0.25) is 10.1 Å². The standard InChI is InChI=1S/C12H17N3O3S/c13-5-7-1-2-9(18-7)11(16)15-12-14-8-3-4-17-6-10(8)19-12/h7,9H,1-6,13H2,(H,14,15,16)/t7-,9+/m1/s1. The fraction of sp³-hybridized carbons (Fsp3) is 0.667. The van der Waals surface area contributed by atoms with Crippen LogP contribution in [0, 0.1) is 0 Å². The lowest BCUT2D eigenvalue weighted by Crippen LogP contribution is -2.29. The van der Waals surface area contributed by atoms with Crippen molar-refractivity contribution in [2.24, 2.45) is 5.73 Å². The lowest BCUT2D eigenvalue weighted by atomic mass is 10.2. The zero-order valence-electron chi connectivity index (χ0n) is 10.6. The summed E-state index contributed by atoms with van der Waals surface area (Å²) in [4.78, 5) is 17.6. The van der Waals surface area contributed by atoms with Gasteiger partial charge in [-0.15, -0.1) is 0 Å². The van der Waals surface area contributed by atoms with Gasteiger partial charge in [-0.2, -0.15) is 0 Å². The summed E-state index contributed by atoms with van der Waals surface area (Å²) in [6.07, 6.45) is 2.00. The van der Waals surface area contributed by atoms with Crippen molar-refractivity contribution in [1.29, 1.82) is 0 Å². The zero-order chi connectivity index (χ0) is 13.2. The van der Waals surface area contributed by atoms with E-state index in [4.69, 9.17) is 15.2 Å². The van der Waals surface area contributed by atoms with Crippen LogP contribution >= 0.6 is 11.3 Å². The van der Waals surface area contributed by atoms with Crippen molar-refractivity contribution >= 4 is 22.4 Å². The molecule has 1 aromatic rings. The summed E-state index contributed by atoms with van der Waals surface area (Å²) < 4.78 is 10.9.